The van der Waals surface area contributed by atoms with Crippen molar-refractivity contribution in [1.29, 1.82) is 0 Å². The number of halogens is 2. The lowest BCUT2D eigenvalue weighted by atomic mass is 9.80. The van der Waals surface area contributed by atoms with Crippen LogP contribution in [0.5, 0.6) is 11.8 Å². The average molecular weight is 692 g/mol. The maximum absolute atomic E-state index is 11.5. The fourth-order valence-electron chi connectivity index (χ4n) is 5.95. The van der Waals surface area contributed by atoms with E-state index in [1.807, 2.05) is 36.4 Å². The summed E-state index contributed by atoms with van der Waals surface area (Å²) in [5.41, 5.74) is 10.5. The van der Waals surface area contributed by atoms with Crippen LogP contribution < -0.4 is 31.2 Å². The molecule has 2 amide bonds. The Hall–Kier alpha value is -4.36. The van der Waals surface area contributed by atoms with Gasteiger partial charge in [0.1, 0.15) is 11.4 Å². The molecule has 5 N–H and O–H groups in total. The quantitative estimate of drug-likeness (QED) is 0.159. The van der Waals surface area contributed by atoms with Crippen LogP contribution in [0.4, 0.5) is 0 Å². The number of carbonyl (C=O) groups is 2. The second kappa shape index (κ2) is 14.8. The van der Waals surface area contributed by atoms with Gasteiger partial charge in [0.05, 0.1) is 48.0 Å². The molecule has 48 heavy (non-hydrogen) atoms. The highest BCUT2D eigenvalue weighted by Crippen LogP contribution is 2.42. The lowest BCUT2D eigenvalue weighted by Crippen LogP contribution is -2.46. The Kier molecular flexibility index (Phi) is 10.4. The van der Waals surface area contributed by atoms with Crippen molar-refractivity contribution in [3.8, 4) is 45.4 Å². The monoisotopic (exact) mass is 690 g/mol. The largest absolute Gasteiger partial charge is 0.480 e. The zero-order chi connectivity index (χ0) is 33.8. The number of hydrogen-bond donors (Lipinski definition) is 4. The van der Waals surface area contributed by atoms with Crippen LogP contribution >= 0.6 is 23.2 Å². The molecule has 1 aliphatic carbocycles. The van der Waals surface area contributed by atoms with Gasteiger partial charge < -0.3 is 31.2 Å². The van der Waals surface area contributed by atoms with Crippen LogP contribution in [-0.4, -0.2) is 64.6 Å². The van der Waals surface area contributed by atoms with Gasteiger partial charge >= 0.3 is 0 Å². The predicted octanol–water partition coefficient (Wildman–Crippen LogP) is 4.31. The first-order valence-electron chi connectivity index (χ1n) is 15.7. The molecule has 2 aromatic heterocycles. The van der Waals surface area contributed by atoms with Gasteiger partial charge in [-0.3, -0.25) is 19.6 Å². The van der Waals surface area contributed by atoms with Gasteiger partial charge in [-0.1, -0.05) is 59.6 Å². The number of rotatable bonds is 13. The summed E-state index contributed by atoms with van der Waals surface area (Å²) in [5.74, 6) is 0.497. The smallest absolute Gasteiger partial charge is 0.237 e. The van der Waals surface area contributed by atoms with E-state index < -0.39 is 0 Å². The Labute approximate surface area is 288 Å². The van der Waals surface area contributed by atoms with E-state index in [1.165, 1.54) is 0 Å². The summed E-state index contributed by atoms with van der Waals surface area (Å²) in [5, 5.41) is 10.6. The minimum atomic E-state index is -0.262. The van der Waals surface area contributed by atoms with Gasteiger partial charge in [0.15, 0.2) is 0 Å². The van der Waals surface area contributed by atoms with E-state index in [-0.39, 0.29) is 29.8 Å². The maximum atomic E-state index is 11.5. The number of benzene rings is 2. The minimum absolute atomic E-state index is 0.0783. The van der Waals surface area contributed by atoms with E-state index in [1.54, 1.807) is 26.6 Å². The van der Waals surface area contributed by atoms with Crippen molar-refractivity contribution < 1.29 is 19.1 Å². The average Bonchev–Trinajstić information content (AvgIpc) is 3.49. The molecule has 2 aliphatic rings. The first kappa shape index (κ1) is 33.5. The molecule has 0 bridgehead atoms. The Balaban J connectivity index is 1.20. The third kappa shape index (κ3) is 7.21. The molecule has 14 heteroatoms. The molecule has 1 aliphatic heterocycles. The zero-order valence-corrected chi connectivity index (χ0v) is 28.1. The summed E-state index contributed by atoms with van der Waals surface area (Å²) in [4.78, 5) is 41.5. The van der Waals surface area contributed by atoms with E-state index >= 15 is 0 Å². The van der Waals surface area contributed by atoms with Crippen LogP contribution in [0.15, 0.2) is 48.8 Å². The predicted molar refractivity (Wildman–Crippen MR) is 182 cm³/mol. The first-order valence-corrected chi connectivity index (χ1v) is 16.4. The second-order valence-corrected chi connectivity index (χ2v) is 12.6. The standard InChI is InChI=1S/C34H36Cl2N8O4/c1-47-33-27(14-38-13-19-9-10-29(45)42-19)40-15-25(43-33)23-7-3-5-21(30(23)35)22-6-4-8-24(31(22)36)26-16-41-28(34(44-26)48-2)17-39-20-11-18(12-20)32(37)46/h3-8,15-16,18-20,38-39H,9-14,17H2,1-2H3,(H2,37,46)(H,42,45)/t18?,19-,20?/m0/s1. The Morgan fingerprint density at radius 1 is 0.896 bits per heavy atom. The molecule has 0 unspecified atom stereocenters. The van der Waals surface area contributed by atoms with Crippen molar-refractivity contribution in [3.63, 3.8) is 0 Å². The fraction of sp³-hybridized carbons (Fsp3) is 0.353. The van der Waals surface area contributed by atoms with Crippen molar-refractivity contribution in [1.82, 2.24) is 35.9 Å². The molecule has 2 fully saturated rings. The molecule has 6 rings (SSSR count). The molecule has 1 atom stereocenters. The Bertz CT molecular complexity index is 1840. The van der Waals surface area contributed by atoms with Crippen molar-refractivity contribution >= 4 is 35.0 Å². The number of ether oxygens (including phenoxy) is 2. The van der Waals surface area contributed by atoms with Crippen LogP contribution in [0.2, 0.25) is 10.0 Å². The number of nitrogens with one attached hydrogen (secondary N) is 3. The summed E-state index contributed by atoms with van der Waals surface area (Å²) in [6, 6.07) is 11.6. The number of nitrogens with zero attached hydrogens (tertiary/aromatic N) is 4. The van der Waals surface area contributed by atoms with Gasteiger partial charge in [0.2, 0.25) is 23.6 Å². The number of carbonyl (C=O) groups excluding carboxylic acids is 2. The number of primary amides is 1. The summed E-state index contributed by atoms with van der Waals surface area (Å²) in [6.07, 6.45) is 6.11. The van der Waals surface area contributed by atoms with Gasteiger partial charge in [0.25, 0.3) is 0 Å². The van der Waals surface area contributed by atoms with Gasteiger partial charge in [-0.2, -0.15) is 0 Å². The van der Waals surface area contributed by atoms with E-state index in [4.69, 9.17) is 48.4 Å². The third-order valence-corrected chi connectivity index (χ3v) is 9.53. The summed E-state index contributed by atoms with van der Waals surface area (Å²) < 4.78 is 11.1. The van der Waals surface area contributed by atoms with Gasteiger partial charge in [-0.15, -0.1) is 0 Å². The summed E-state index contributed by atoms with van der Waals surface area (Å²) in [6.45, 7) is 1.50. The SMILES string of the molecule is COc1nc(-c2cccc(-c3cccc(-c4cnc(CNC5CC(C(N)=O)C5)c(OC)n4)c3Cl)c2Cl)cnc1CNC[C@@H]1CCC(=O)N1. The Morgan fingerprint density at radius 2 is 1.44 bits per heavy atom. The highest BCUT2D eigenvalue weighted by Gasteiger charge is 2.33. The van der Waals surface area contributed by atoms with Gasteiger partial charge in [-0.25, -0.2) is 9.97 Å². The zero-order valence-electron chi connectivity index (χ0n) is 26.6. The summed E-state index contributed by atoms with van der Waals surface area (Å²) in [7, 11) is 3.10. The molecule has 1 saturated carbocycles. The Morgan fingerprint density at radius 3 is 1.94 bits per heavy atom. The fourth-order valence-corrected chi connectivity index (χ4v) is 6.60. The third-order valence-electron chi connectivity index (χ3n) is 8.72. The highest BCUT2D eigenvalue weighted by molar-refractivity contribution is 6.39. The number of amides is 2. The molecular formula is C34H36Cl2N8O4. The lowest BCUT2D eigenvalue weighted by Gasteiger charge is -2.33. The number of hydrogen-bond acceptors (Lipinski definition) is 10. The molecule has 4 aromatic rings. The molecular weight excluding hydrogens is 655 g/mol. The molecule has 2 aromatic carbocycles. The molecule has 250 valence electrons. The topological polar surface area (TPSA) is 166 Å². The normalized spacial score (nSPS) is 18.7. The number of aromatic nitrogens is 4. The van der Waals surface area contributed by atoms with Crippen LogP contribution in [0, 0.1) is 5.92 Å². The first-order chi connectivity index (χ1) is 23.2. The van der Waals surface area contributed by atoms with E-state index in [2.05, 4.69) is 25.9 Å². The number of nitrogens with two attached hydrogens (primary N) is 1. The summed E-state index contributed by atoms with van der Waals surface area (Å²) >= 11 is 14.1. The van der Waals surface area contributed by atoms with Crippen LogP contribution in [-0.2, 0) is 22.7 Å². The minimum Gasteiger partial charge on any atom is -0.480 e. The molecule has 3 heterocycles. The highest BCUT2D eigenvalue weighted by atomic mass is 35.5. The molecule has 1 saturated heterocycles. The van der Waals surface area contributed by atoms with Crippen LogP contribution in [0.25, 0.3) is 33.6 Å². The van der Waals surface area contributed by atoms with Crippen molar-refractivity contribution in [2.75, 3.05) is 20.8 Å². The lowest BCUT2D eigenvalue weighted by molar-refractivity contribution is -0.125. The maximum Gasteiger partial charge on any atom is 0.237 e. The number of methoxy groups -OCH3 is 2. The van der Waals surface area contributed by atoms with Crippen molar-refractivity contribution in [2.24, 2.45) is 11.7 Å². The van der Waals surface area contributed by atoms with Crippen molar-refractivity contribution in [3.05, 3.63) is 70.2 Å². The molecule has 0 spiro atoms. The second-order valence-electron chi connectivity index (χ2n) is 11.8. The van der Waals surface area contributed by atoms with E-state index in [0.29, 0.717) is 106 Å². The van der Waals surface area contributed by atoms with Gasteiger partial charge in [0, 0.05) is 66.3 Å². The molecule has 12 nitrogen and oxygen atoms in total. The molecule has 0 radical (unpaired) electrons. The van der Waals surface area contributed by atoms with Crippen LogP contribution in [0.3, 0.4) is 0 Å². The van der Waals surface area contributed by atoms with E-state index in [0.717, 1.165) is 6.42 Å². The van der Waals surface area contributed by atoms with Crippen LogP contribution in [0.1, 0.15) is 37.1 Å². The van der Waals surface area contributed by atoms with Crippen molar-refractivity contribution in [2.45, 2.75) is 50.9 Å². The van der Waals surface area contributed by atoms with E-state index in [9.17, 15) is 9.59 Å². The van der Waals surface area contributed by atoms with Gasteiger partial charge in [-0.05, 0) is 19.3 Å².